The average Bonchev–Trinajstić information content (AvgIpc) is 3.05. The first kappa shape index (κ1) is 12.6. The molecule has 1 aromatic carbocycles. The van der Waals surface area contributed by atoms with Crippen molar-refractivity contribution in [3.63, 3.8) is 0 Å². The third kappa shape index (κ3) is 2.89. The van der Waals surface area contributed by atoms with Crippen LogP contribution in [0.2, 0.25) is 0 Å². The van der Waals surface area contributed by atoms with Crippen molar-refractivity contribution in [1.29, 1.82) is 0 Å². The minimum Gasteiger partial charge on any atom is -0.325 e. The summed E-state index contributed by atoms with van der Waals surface area (Å²) in [6.45, 7) is 6.07. The highest BCUT2D eigenvalue weighted by molar-refractivity contribution is 9.10. The van der Waals surface area contributed by atoms with Crippen molar-refractivity contribution in [2.24, 2.45) is 11.8 Å². The van der Waals surface area contributed by atoms with Gasteiger partial charge in [0, 0.05) is 16.1 Å². The lowest BCUT2D eigenvalue weighted by molar-refractivity contribution is -0.119. The summed E-state index contributed by atoms with van der Waals surface area (Å²) in [5.41, 5.74) is 3.17. The number of halogens is 1. The molecule has 1 saturated carbocycles. The molecular weight excluding hydrogens is 278 g/mol. The van der Waals surface area contributed by atoms with Gasteiger partial charge in [0.25, 0.3) is 0 Å². The summed E-state index contributed by atoms with van der Waals surface area (Å²) in [5, 5.41) is 3.07. The third-order valence-corrected chi connectivity index (χ3v) is 3.95. The van der Waals surface area contributed by atoms with Gasteiger partial charge in [0.05, 0.1) is 0 Å². The smallest absolute Gasteiger partial charge is 0.227 e. The van der Waals surface area contributed by atoms with Crippen LogP contribution >= 0.6 is 15.9 Å². The normalized spacial score (nSPS) is 16.7. The molecule has 1 amide bonds. The molecule has 1 unspecified atom stereocenters. The van der Waals surface area contributed by atoms with E-state index < -0.39 is 0 Å². The largest absolute Gasteiger partial charge is 0.325 e. The number of carbonyl (C=O) groups is 1. The van der Waals surface area contributed by atoms with Crippen molar-refractivity contribution in [3.8, 4) is 0 Å². The maximum atomic E-state index is 12.1. The lowest BCUT2D eigenvalue weighted by atomic mass is 10.0. The maximum Gasteiger partial charge on any atom is 0.227 e. The zero-order valence-electron chi connectivity index (χ0n) is 10.5. The van der Waals surface area contributed by atoms with E-state index in [-0.39, 0.29) is 11.8 Å². The SMILES string of the molecule is Cc1cc(Br)cc(C)c1NC(=O)C(C)C1CC1. The monoisotopic (exact) mass is 295 g/mol. The number of anilines is 1. The summed E-state index contributed by atoms with van der Waals surface area (Å²) in [5.74, 6) is 0.893. The molecule has 3 heteroatoms. The van der Waals surface area contributed by atoms with Crippen LogP contribution in [0.4, 0.5) is 5.69 Å². The zero-order chi connectivity index (χ0) is 12.6. The van der Waals surface area contributed by atoms with Crippen LogP contribution in [0.3, 0.4) is 0 Å². The van der Waals surface area contributed by atoms with E-state index >= 15 is 0 Å². The highest BCUT2D eigenvalue weighted by Crippen LogP contribution is 2.37. The number of nitrogens with one attached hydrogen (secondary N) is 1. The quantitative estimate of drug-likeness (QED) is 0.895. The molecule has 0 spiro atoms. The third-order valence-electron chi connectivity index (χ3n) is 3.49. The van der Waals surface area contributed by atoms with E-state index in [9.17, 15) is 4.79 Å². The van der Waals surface area contributed by atoms with Crippen molar-refractivity contribution in [2.75, 3.05) is 5.32 Å². The number of rotatable bonds is 3. The molecule has 2 nitrogen and oxygen atoms in total. The molecule has 17 heavy (non-hydrogen) atoms. The Bertz CT molecular complexity index is 429. The number of carbonyl (C=O) groups excluding carboxylic acids is 1. The van der Waals surface area contributed by atoms with E-state index in [1.54, 1.807) is 0 Å². The van der Waals surface area contributed by atoms with E-state index in [0.717, 1.165) is 21.3 Å². The van der Waals surface area contributed by atoms with E-state index in [4.69, 9.17) is 0 Å². The molecule has 0 aliphatic heterocycles. The molecule has 1 fully saturated rings. The van der Waals surface area contributed by atoms with Crippen LogP contribution in [0.25, 0.3) is 0 Å². The molecule has 92 valence electrons. The zero-order valence-corrected chi connectivity index (χ0v) is 12.1. The van der Waals surface area contributed by atoms with Gasteiger partial charge < -0.3 is 5.32 Å². The van der Waals surface area contributed by atoms with Gasteiger partial charge >= 0.3 is 0 Å². The van der Waals surface area contributed by atoms with Gasteiger partial charge in [0.15, 0.2) is 0 Å². The first-order valence-electron chi connectivity index (χ1n) is 6.06. The Kier molecular flexibility index (Phi) is 3.57. The number of hydrogen-bond acceptors (Lipinski definition) is 1. The predicted octanol–water partition coefficient (Wildman–Crippen LogP) is 4.05. The van der Waals surface area contributed by atoms with Crippen molar-refractivity contribution < 1.29 is 4.79 Å². The highest BCUT2D eigenvalue weighted by Gasteiger charge is 2.32. The Hall–Kier alpha value is -0.830. The lowest BCUT2D eigenvalue weighted by Crippen LogP contribution is -2.22. The number of hydrogen-bond donors (Lipinski definition) is 1. The highest BCUT2D eigenvalue weighted by atomic mass is 79.9. The standard InChI is InChI=1S/C14H18BrNO/c1-8-6-12(15)7-9(2)13(8)16-14(17)10(3)11-4-5-11/h6-7,10-11H,4-5H2,1-3H3,(H,16,17). The van der Waals surface area contributed by atoms with E-state index in [2.05, 4.69) is 21.2 Å². The van der Waals surface area contributed by atoms with E-state index in [1.165, 1.54) is 12.8 Å². The molecule has 2 rings (SSSR count). The fourth-order valence-corrected chi connectivity index (χ4v) is 2.84. The Balaban J connectivity index is 2.15. The number of amides is 1. The van der Waals surface area contributed by atoms with Crippen molar-refractivity contribution >= 4 is 27.5 Å². The van der Waals surface area contributed by atoms with Gasteiger partial charge in [-0.25, -0.2) is 0 Å². The summed E-state index contributed by atoms with van der Waals surface area (Å²) >= 11 is 3.46. The predicted molar refractivity (Wildman–Crippen MR) is 74.1 cm³/mol. The van der Waals surface area contributed by atoms with Crippen molar-refractivity contribution in [3.05, 3.63) is 27.7 Å². The van der Waals surface area contributed by atoms with Gasteiger partial charge in [-0.05, 0) is 55.9 Å². The molecular formula is C14H18BrNO. The van der Waals surface area contributed by atoms with E-state index in [1.807, 2.05) is 32.9 Å². The maximum absolute atomic E-state index is 12.1. The first-order valence-corrected chi connectivity index (χ1v) is 6.86. The van der Waals surface area contributed by atoms with Gasteiger partial charge in [-0.2, -0.15) is 0 Å². The van der Waals surface area contributed by atoms with Crippen LogP contribution in [-0.2, 0) is 4.79 Å². The van der Waals surface area contributed by atoms with Crippen LogP contribution in [0.1, 0.15) is 30.9 Å². The Morgan fingerprint density at radius 3 is 2.35 bits per heavy atom. The molecule has 0 heterocycles. The number of aryl methyl sites for hydroxylation is 2. The minimum absolute atomic E-state index is 0.137. The van der Waals surface area contributed by atoms with Gasteiger partial charge in [-0.15, -0.1) is 0 Å². The van der Waals surface area contributed by atoms with Crippen molar-refractivity contribution in [2.45, 2.75) is 33.6 Å². The fourth-order valence-electron chi connectivity index (χ4n) is 2.16. The molecule has 1 N–H and O–H groups in total. The fraction of sp³-hybridized carbons (Fsp3) is 0.500. The molecule has 1 atom stereocenters. The molecule has 0 saturated heterocycles. The second kappa shape index (κ2) is 4.81. The van der Waals surface area contributed by atoms with E-state index in [0.29, 0.717) is 5.92 Å². The second-order valence-corrected chi connectivity index (χ2v) is 5.95. The first-order chi connectivity index (χ1) is 7.99. The Morgan fingerprint density at radius 2 is 1.88 bits per heavy atom. The van der Waals surface area contributed by atoms with Crippen LogP contribution in [-0.4, -0.2) is 5.91 Å². The van der Waals surface area contributed by atoms with Gasteiger partial charge in [0.2, 0.25) is 5.91 Å². The van der Waals surface area contributed by atoms with Gasteiger partial charge in [-0.3, -0.25) is 4.79 Å². The topological polar surface area (TPSA) is 29.1 Å². The Labute approximate surface area is 111 Å². The van der Waals surface area contributed by atoms with Crippen LogP contribution < -0.4 is 5.32 Å². The summed E-state index contributed by atoms with van der Waals surface area (Å²) in [4.78, 5) is 12.1. The molecule has 1 aliphatic carbocycles. The average molecular weight is 296 g/mol. The summed E-state index contributed by atoms with van der Waals surface area (Å²) in [6.07, 6.45) is 2.40. The molecule has 0 bridgehead atoms. The summed E-state index contributed by atoms with van der Waals surface area (Å²) < 4.78 is 1.06. The molecule has 1 aliphatic rings. The minimum atomic E-state index is 0.137. The van der Waals surface area contributed by atoms with Crippen molar-refractivity contribution in [1.82, 2.24) is 0 Å². The van der Waals surface area contributed by atoms with Gasteiger partial charge in [0.1, 0.15) is 0 Å². The Morgan fingerprint density at radius 1 is 1.35 bits per heavy atom. The molecule has 0 radical (unpaired) electrons. The summed E-state index contributed by atoms with van der Waals surface area (Å²) in [6, 6.07) is 4.06. The van der Waals surface area contributed by atoms with Gasteiger partial charge in [-0.1, -0.05) is 22.9 Å². The number of benzene rings is 1. The van der Waals surface area contributed by atoms with Crippen LogP contribution in [0.15, 0.2) is 16.6 Å². The van der Waals surface area contributed by atoms with Crippen LogP contribution in [0, 0.1) is 25.7 Å². The lowest BCUT2D eigenvalue weighted by Gasteiger charge is -2.15. The second-order valence-electron chi connectivity index (χ2n) is 5.03. The molecule has 1 aromatic rings. The molecule has 0 aromatic heterocycles. The van der Waals surface area contributed by atoms with Crippen LogP contribution in [0.5, 0.6) is 0 Å². The summed E-state index contributed by atoms with van der Waals surface area (Å²) in [7, 11) is 0.